The summed E-state index contributed by atoms with van der Waals surface area (Å²) in [6.45, 7) is 5.31. The number of rotatable bonds is 8. The van der Waals surface area contributed by atoms with Crippen LogP contribution in [0.4, 0.5) is 0 Å². The Hall–Kier alpha value is -1.75. The minimum Gasteiger partial charge on any atom is -0.493 e. The third-order valence-electron chi connectivity index (χ3n) is 4.60. The number of halogens is 1. The number of hydrogen-bond donors (Lipinski definition) is 0. The van der Waals surface area contributed by atoms with E-state index in [1.54, 1.807) is 7.11 Å². The Morgan fingerprint density at radius 1 is 1.08 bits per heavy atom. The quantitative estimate of drug-likeness (QED) is 0.692. The Balaban J connectivity index is 1.62. The molecule has 0 bridgehead atoms. The van der Waals surface area contributed by atoms with Crippen LogP contribution in [-0.4, -0.2) is 44.9 Å². The summed E-state index contributed by atoms with van der Waals surface area (Å²) < 4.78 is 17.1. The lowest BCUT2D eigenvalue weighted by molar-refractivity contribution is 0.0374. The standard InChI is InChI=1S/C21H26ClNO3/c1-24-20-6-2-4-18(5-3-11-23-12-14-25-15-13-23)21(20)26-16-17-7-9-19(22)10-8-17/h2,4,6-10H,3,5,11-16H2,1H3. The van der Waals surface area contributed by atoms with Gasteiger partial charge in [-0.3, -0.25) is 4.90 Å². The summed E-state index contributed by atoms with van der Waals surface area (Å²) in [6, 6.07) is 13.8. The molecule has 0 atom stereocenters. The maximum atomic E-state index is 6.13. The first-order valence-electron chi connectivity index (χ1n) is 9.09. The Morgan fingerprint density at radius 3 is 2.58 bits per heavy atom. The third-order valence-corrected chi connectivity index (χ3v) is 4.85. The summed E-state index contributed by atoms with van der Waals surface area (Å²) in [5.41, 5.74) is 2.27. The number of ether oxygens (including phenoxy) is 3. The summed E-state index contributed by atoms with van der Waals surface area (Å²) in [5, 5.41) is 0.731. The first-order chi connectivity index (χ1) is 12.8. The summed E-state index contributed by atoms with van der Waals surface area (Å²) >= 11 is 5.95. The van der Waals surface area contributed by atoms with Crippen molar-refractivity contribution in [2.45, 2.75) is 19.4 Å². The van der Waals surface area contributed by atoms with E-state index in [0.29, 0.717) is 6.61 Å². The Labute approximate surface area is 160 Å². The van der Waals surface area contributed by atoms with Crippen LogP contribution < -0.4 is 9.47 Å². The van der Waals surface area contributed by atoms with E-state index in [-0.39, 0.29) is 0 Å². The number of para-hydroxylation sites is 1. The Bertz CT molecular complexity index is 684. The highest BCUT2D eigenvalue weighted by atomic mass is 35.5. The summed E-state index contributed by atoms with van der Waals surface area (Å²) in [4.78, 5) is 2.46. The topological polar surface area (TPSA) is 30.9 Å². The predicted molar refractivity (Wildman–Crippen MR) is 104 cm³/mol. The number of methoxy groups -OCH3 is 1. The first-order valence-corrected chi connectivity index (χ1v) is 9.47. The van der Waals surface area contributed by atoms with E-state index in [4.69, 9.17) is 25.8 Å². The second-order valence-corrected chi connectivity index (χ2v) is 6.86. The molecular weight excluding hydrogens is 350 g/mol. The summed E-state index contributed by atoms with van der Waals surface area (Å²) in [5.74, 6) is 1.62. The van der Waals surface area contributed by atoms with Gasteiger partial charge < -0.3 is 14.2 Å². The van der Waals surface area contributed by atoms with Gasteiger partial charge in [0.1, 0.15) is 6.61 Å². The molecule has 0 amide bonds. The molecule has 3 rings (SSSR count). The van der Waals surface area contributed by atoms with E-state index >= 15 is 0 Å². The lowest BCUT2D eigenvalue weighted by atomic mass is 10.1. The molecule has 26 heavy (non-hydrogen) atoms. The van der Waals surface area contributed by atoms with E-state index < -0.39 is 0 Å². The minimum atomic E-state index is 0.494. The Morgan fingerprint density at radius 2 is 1.85 bits per heavy atom. The molecule has 2 aromatic carbocycles. The van der Waals surface area contributed by atoms with Gasteiger partial charge in [-0.15, -0.1) is 0 Å². The number of aryl methyl sites for hydroxylation is 1. The van der Waals surface area contributed by atoms with Gasteiger partial charge in [0, 0.05) is 18.1 Å². The van der Waals surface area contributed by atoms with Crippen LogP contribution in [0.1, 0.15) is 17.5 Å². The fourth-order valence-electron chi connectivity index (χ4n) is 3.14. The molecule has 0 radical (unpaired) electrons. The van der Waals surface area contributed by atoms with Gasteiger partial charge in [-0.05, 0) is 48.7 Å². The van der Waals surface area contributed by atoms with E-state index in [1.807, 2.05) is 36.4 Å². The summed E-state index contributed by atoms with van der Waals surface area (Å²) in [6.07, 6.45) is 2.05. The molecule has 0 saturated carbocycles. The zero-order chi connectivity index (χ0) is 18.2. The molecule has 0 aliphatic carbocycles. The third kappa shape index (κ3) is 5.37. The van der Waals surface area contributed by atoms with Crippen LogP contribution in [-0.2, 0) is 17.8 Å². The predicted octanol–water partition coefficient (Wildman–Crippen LogP) is 4.19. The first kappa shape index (κ1) is 19.0. The SMILES string of the molecule is COc1cccc(CCCN2CCOCC2)c1OCc1ccc(Cl)cc1. The fourth-order valence-corrected chi connectivity index (χ4v) is 3.26. The molecule has 1 heterocycles. The number of benzene rings is 2. The highest BCUT2D eigenvalue weighted by Gasteiger charge is 2.13. The molecule has 4 nitrogen and oxygen atoms in total. The van der Waals surface area contributed by atoms with Crippen molar-refractivity contribution in [2.24, 2.45) is 0 Å². The monoisotopic (exact) mass is 375 g/mol. The average molecular weight is 376 g/mol. The van der Waals surface area contributed by atoms with Gasteiger partial charge >= 0.3 is 0 Å². The molecule has 140 valence electrons. The molecule has 0 spiro atoms. The van der Waals surface area contributed by atoms with Crippen LogP contribution in [0.5, 0.6) is 11.5 Å². The van der Waals surface area contributed by atoms with Crippen LogP contribution in [0.3, 0.4) is 0 Å². The molecule has 0 unspecified atom stereocenters. The van der Waals surface area contributed by atoms with Crippen molar-refractivity contribution in [3.8, 4) is 11.5 Å². The normalized spacial score (nSPS) is 15.0. The van der Waals surface area contributed by atoms with Crippen LogP contribution in [0, 0.1) is 0 Å². The molecule has 1 saturated heterocycles. The molecule has 1 aliphatic heterocycles. The van der Waals surface area contributed by atoms with E-state index in [9.17, 15) is 0 Å². The van der Waals surface area contributed by atoms with Gasteiger partial charge in [-0.25, -0.2) is 0 Å². The minimum absolute atomic E-state index is 0.494. The largest absolute Gasteiger partial charge is 0.493 e. The van der Waals surface area contributed by atoms with Gasteiger partial charge in [-0.1, -0.05) is 35.9 Å². The van der Waals surface area contributed by atoms with Crippen LogP contribution in [0.15, 0.2) is 42.5 Å². The number of nitrogens with zero attached hydrogens (tertiary/aromatic N) is 1. The second kappa shape index (κ2) is 9.81. The van der Waals surface area contributed by atoms with E-state index in [2.05, 4.69) is 11.0 Å². The van der Waals surface area contributed by atoms with E-state index in [0.717, 1.165) is 67.8 Å². The molecule has 2 aromatic rings. The van der Waals surface area contributed by atoms with Crippen molar-refractivity contribution < 1.29 is 14.2 Å². The van der Waals surface area contributed by atoms with Crippen molar-refractivity contribution >= 4 is 11.6 Å². The van der Waals surface area contributed by atoms with Gasteiger partial charge in [0.15, 0.2) is 11.5 Å². The lowest BCUT2D eigenvalue weighted by Crippen LogP contribution is -2.36. The number of hydrogen-bond acceptors (Lipinski definition) is 4. The molecular formula is C21H26ClNO3. The van der Waals surface area contributed by atoms with Crippen LogP contribution >= 0.6 is 11.6 Å². The summed E-state index contributed by atoms with van der Waals surface area (Å²) in [7, 11) is 1.68. The fraction of sp³-hybridized carbons (Fsp3) is 0.429. The zero-order valence-corrected chi connectivity index (χ0v) is 16.0. The van der Waals surface area contributed by atoms with Gasteiger partial charge in [0.05, 0.1) is 20.3 Å². The molecule has 0 N–H and O–H groups in total. The maximum absolute atomic E-state index is 6.13. The number of morpholine rings is 1. The van der Waals surface area contributed by atoms with Crippen LogP contribution in [0.25, 0.3) is 0 Å². The van der Waals surface area contributed by atoms with Crippen molar-refractivity contribution in [1.82, 2.24) is 4.90 Å². The molecule has 1 fully saturated rings. The average Bonchev–Trinajstić information content (AvgIpc) is 2.69. The highest BCUT2D eigenvalue weighted by Crippen LogP contribution is 2.32. The molecule has 5 heteroatoms. The van der Waals surface area contributed by atoms with Crippen molar-refractivity contribution in [2.75, 3.05) is 40.0 Å². The smallest absolute Gasteiger partial charge is 0.164 e. The molecule has 1 aliphatic rings. The van der Waals surface area contributed by atoms with Crippen molar-refractivity contribution in [3.05, 3.63) is 58.6 Å². The molecule has 0 aromatic heterocycles. The highest BCUT2D eigenvalue weighted by molar-refractivity contribution is 6.30. The maximum Gasteiger partial charge on any atom is 0.164 e. The van der Waals surface area contributed by atoms with Crippen molar-refractivity contribution in [1.29, 1.82) is 0 Å². The van der Waals surface area contributed by atoms with E-state index in [1.165, 1.54) is 5.56 Å². The van der Waals surface area contributed by atoms with Gasteiger partial charge in [0.25, 0.3) is 0 Å². The lowest BCUT2D eigenvalue weighted by Gasteiger charge is -2.26. The van der Waals surface area contributed by atoms with Crippen molar-refractivity contribution in [3.63, 3.8) is 0 Å². The zero-order valence-electron chi connectivity index (χ0n) is 15.2. The van der Waals surface area contributed by atoms with Gasteiger partial charge in [0.2, 0.25) is 0 Å². The Kier molecular flexibility index (Phi) is 7.18. The van der Waals surface area contributed by atoms with Gasteiger partial charge in [-0.2, -0.15) is 0 Å². The second-order valence-electron chi connectivity index (χ2n) is 6.42. The van der Waals surface area contributed by atoms with Crippen LogP contribution in [0.2, 0.25) is 5.02 Å².